The van der Waals surface area contributed by atoms with E-state index in [1.165, 1.54) is 0 Å². The van der Waals surface area contributed by atoms with Crippen LogP contribution in [0.25, 0.3) is 5.69 Å². The summed E-state index contributed by atoms with van der Waals surface area (Å²) >= 11 is 0. The Morgan fingerprint density at radius 1 is 1.31 bits per heavy atom. The van der Waals surface area contributed by atoms with Gasteiger partial charge in [-0.3, -0.25) is 0 Å². The fourth-order valence-corrected chi connectivity index (χ4v) is 1.42. The third kappa shape index (κ3) is 2.23. The Hall–Kier alpha value is -1.81. The standard InChI is InChI=1S/C11H10N2O2.ClH/c1-8-12-6-7-13(8)10-4-2-9(3-5-10)11(14)15;/h2-7H,1H3,(H,14,15);1H. The molecule has 16 heavy (non-hydrogen) atoms. The smallest absolute Gasteiger partial charge is 0.335 e. The molecule has 0 atom stereocenters. The summed E-state index contributed by atoms with van der Waals surface area (Å²) in [6.45, 7) is 1.89. The first kappa shape index (κ1) is 12.3. The van der Waals surface area contributed by atoms with Gasteiger partial charge in [0.15, 0.2) is 0 Å². The molecule has 0 amide bonds. The molecule has 0 saturated carbocycles. The number of halogens is 1. The Balaban J connectivity index is 0.00000128. The average Bonchev–Trinajstić information content (AvgIpc) is 2.65. The molecule has 0 fully saturated rings. The maximum atomic E-state index is 10.6. The SMILES string of the molecule is Cc1nccn1-c1ccc(C(=O)O)cc1.Cl. The largest absolute Gasteiger partial charge is 0.478 e. The van der Waals surface area contributed by atoms with Crippen LogP contribution in [0.1, 0.15) is 16.2 Å². The van der Waals surface area contributed by atoms with Gasteiger partial charge in [-0.05, 0) is 31.2 Å². The van der Waals surface area contributed by atoms with Crippen LogP contribution in [-0.2, 0) is 0 Å². The van der Waals surface area contributed by atoms with E-state index in [0.29, 0.717) is 0 Å². The van der Waals surface area contributed by atoms with Crippen LogP contribution >= 0.6 is 12.4 Å². The monoisotopic (exact) mass is 238 g/mol. The summed E-state index contributed by atoms with van der Waals surface area (Å²) in [6.07, 6.45) is 3.55. The molecule has 0 bridgehead atoms. The molecule has 1 N–H and O–H groups in total. The molecule has 2 rings (SSSR count). The van der Waals surface area contributed by atoms with Crippen molar-refractivity contribution in [3.63, 3.8) is 0 Å². The minimum absolute atomic E-state index is 0. The Kier molecular flexibility index (Phi) is 3.68. The molecule has 2 aromatic rings. The first-order valence-corrected chi connectivity index (χ1v) is 4.52. The van der Waals surface area contributed by atoms with E-state index in [4.69, 9.17) is 5.11 Å². The molecule has 1 aromatic carbocycles. The van der Waals surface area contributed by atoms with E-state index in [-0.39, 0.29) is 18.0 Å². The summed E-state index contributed by atoms with van der Waals surface area (Å²) in [5, 5.41) is 8.74. The van der Waals surface area contributed by atoms with Gasteiger partial charge in [-0.15, -0.1) is 12.4 Å². The number of carboxylic acid groups (broad SMARTS) is 1. The second kappa shape index (κ2) is 4.81. The van der Waals surface area contributed by atoms with Gasteiger partial charge < -0.3 is 9.67 Å². The summed E-state index contributed by atoms with van der Waals surface area (Å²) in [5.41, 5.74) is 1.20. The first-order chi connectivity index (χ1) is 7.18. The first-order valence-electron chi connectivity index (χ1n) is 4.52. The van der Waals surface area contributed by atoms with Crippen LogP contribution in [-0.4, -0.2) is 20.6 Å². The number of carbonyl (C=O) groups is 1. The van der Waals surface area contributed by atoms with E-state index < -0.39 is 5.97 Å². The number of aryl methyl sites for hydroxylation is 1. The molecular weight excluding hydrogens is 228 g/mol. The van der Waals surface area contributed by atoms with Crippen LogP contribution in [0, 0.1) is 6.92 Å². The second-order valence-corrected chi connectivity index (χ2v) is 3.20. The van der Waals surface area contributed by atoms with Gasteiger partial charge in [-0.25, -0.2) is 9.78 Å². The fraction of sp³-hybridized carbons (Fsp3) is 0.0909. The van der Waals surface area contributed by atoms with Gasteiger partial charge in [0.05, 0.1) is 5.56 Å². The highest BCUT2D eigenvalue weighted by Crippen LogP contribution is 2.11. The van der Waals surface area contributed by atoms with Crippen molar-refractivity contribution in [2.45, 2.75) is 6.92 Å². The number of rotatable bonds is 2. The van der Waals surface area contributed by atoms with Crippen molar-refractivity contribution in [3.8, 4) is 5.69 Å². The van der Waals surface area contributed by atoms with Crippen LogP contribution in [0.4, 0.5) is 0 Å². The molecular formula is C11H11ClN2O2. The molecule has 84 valence electrons. The molecule has 5 heteroatoms. The van der Waals surface area contributed by atoms with E-state index in [1.54, 1.807) is 30.5 Å². The van der Waals surface area contributed by atoms with Crippen molar-refractivity contribution in [2.24, 2.45) is 0 Å². The maximum absolute atomic E-state index is 10.6. The van der Waals surface area contributed by atoms with Crippen molar-refractivity contribution >= 4 is 18.4 Å². The van der Waals surface area contributed by atoms with Crippen LogP contribution < -0.4 is 0 Å². The average molecular weight is 239 g/mol. The predicted octanol–water partition coefficient (Wildman–Crippen LogP) is 2.30. The van der Waals surface area contributed by atoms with Crippen molar-refractivity contribution in [1.82, 2.24) is 9.55 Å². The Morgan fingerprint density at radius 2 is 1.94 bits per heavy atom. The van der Waals surface area contributed by atoms with Gasteiger partial charge in [0.2, 0.25) is 0 Å². The quantitative estimate of drug-likeness (QED) is 0.874. The number of hydrogen-bond acceptors (Lipinski definition) is 2. The summed E-state index contributed by atoms with van der Waals surface area (Å²) in [4.78, 5) is 14.7. The van der Waals surface area contributed by atoms with E-state index in [2.05, 4.69) is 4.98 Å². The third-order valence-corrected chi connectivity index (χ3v) is 2.22. The zero-order valence-corrected chi connectivity index (χ0v) is 9.44. The normalized spacial score (nSPS) is 9.56. The van der Waals surface area contributed by atoms with Gasteiger partial charge in [-0.2, -0.15) is 0 Å². The number of aromatic nitrogens is 2. The molecule has 4 nitrogen and oxygen atoms in total. The minimum atomic E-state index is -0.913. The predicted molar refractivity (Wildman–Crippen MR) is 62.5 cm³/mol. The summed E-state index contributed by atoms with van der Waals surface area (Å²) in [5.74, 6) is -0.0398. The van der Waals surface area contributed by atoms with Crippen molar-refractivity contribution < 1.29 is 9.90 Å². The number of imidazole rings is 1. The van der Waals surface area contributed by atoms with Crippen molar-refractivity contribution in [3.05, 3.63) is 48.0 Å². The number of carboxylic acids is 1. The minimum Gasteiger partial charge on any atom is -0.478 e. The Morgan fingerprint density at radius 3 is 2.38 bits per heavy atom. The Labute approximate surface area is 99.0 Å². The van der Waals surface area contributed by atoms with Gasteiger partial charge in [0.25, 0.3) is 0 Å². The highest BCUT2D eigenvalue weighted by molar-refractivity contribution is 5.87. The molecule has 0 spiro atoms. The zero-order valence-electron chi connectivity index (χ0n) is 8.62. The zero-order chi connectivity index (χ0) is 10.8. The van der Waals surface area contributed by atoms with Crippen LogP contribution in [0.3, 0.4) is 0 Å². The second-order valence-electron chi connectivity index (χ2n) is 3.20. The molecule has 1 heterocycles. The number of nitrogens with zero attached hydrogens (tertiary/aromatic N) is 2. The Bertz CT molecular complexity index is 491. The van der Waals surface area contributed by atoms with Crippen LogP contribution in [0.15, 0.2) is 36.7 Å². The molecule has 0 radical (unpaired) electrons. The number of aromatic carboxylic acids is 1. The van der Waals surface area contributed by atoms with Crippen molar-refractivity contribution in [2.75, 3.05) is 0 Å². The van der Waals surface area contributed by atoms with Gasteiger partial charge in [0.1, 0.15) is 5.82 Å². The van der Waals surface area contributed by atoms with Gasteiger partial charge in [0, 0.05) is 18.1 Å². The highest BCUT2D eigenvalue weighted by atomic mass is 35.5. The van der Waals surface area contributed by atoms with Crippen molar-refractivity contribution in [1.29, 1.82) is 0 Å². The molecule has 0 saturated heterocycles. The van der Waals surface area contributed by atoms with E-state index in [1.807, 2.05) is 17.7 Å². The highest BCUT2D eigenvalue weighted by Gasteiger charge is 2.03. The molecule has 0 aliphatic rings. The number of hydrogen-bond donors (Lipinski definition) is 1. The maximum Gasteiger partial charge on any atom is 0.335 e. The summed E-state index contributed by atoms with van der Waals surface area (Å²) < 4.78 is 1.89. The van der Waals surface area contributed by atoms with Crippen LogP contribution in [0.5, 0.6) is 0 Å². The van der Waals surface area contributed by atoms with E-state index in [0.717, 1.165) is 11.5 Å². The lowest BCUT2D eigenvalue weighted by Crippen LogP contribution is -1.98. The molecule has 1 aromatic heterocycles. The van der Waals surface area contributed by atoms with E-state index >= 15 is 0 Å². The van der Waals surface area contributed by atoms with Gasteiger partial charge >= 0.3 is 5.97 Å². The topological polar surface area (TPSA) is 55.1 Å². The molecule has 0 aliphatic heterocycles. The molecule has 0 unspecified atom stereocenters. The lowest BCUT2D eigenvalue weighted by Gasteiger charge is -2.04. The third-order valence-electron chi connectivity index (χ3n) is 2.22. The van der Waals surface area contributed by atoms with Crippen LogP contribution in [0.2, 0.25) is 0 Å². The summed E-state index contributed by atoms with van der Waals surface area (Å²) in [7, 11) is 0. The summed E-state index contributed by atoms with van der Waals surface area (Å²) in [6, 6.07) is 6.68. The fourth-order valence-electron chi connectivity index (χ4n) is 1.42. The number of benzene rings is 1. The van der Waals surface area contributed by atoms with Gasteiger partial charge in [-0.1, -0.05) is 0 Å². The lowest BCUT2D eigenvalue weighted by atomic mass is 10.2. The van der Waals surface area contributed by atoms with E-state index in [9.17, 15) is 4.79 Å². The molecule has 0 aliphatic carbocycles. The lowest BCUT2D eigenvalue weighted by molar-refractivity contribution is 0.0697.